The minimum absolute atomic E-state index is 0. The molecule has 0 aliphatic heterocycles. The van der Waals surface area contributed by atoms with Gasteiger partial charge in [0.2, 0.25) is 11.8 Å². The van der Waals surface area contributed by atoms with Gasteiger partial charge in [-0.25, -0.2) is 4.98 Å². The van der Waals surface area contributed by atoms with Crippen molar-refractivity contribution in [3.8, 4) is 5.88 Å². The molecule has 0 fully saturated rings. The average Bonchev–Trinajstić information content (AvgIpc) is 2.48. The monoisotopic (exact) mass is 427 g/mol. The number of carbonyl (C=O) groups excluding carboxylic acids is 1. The third kappa shape index (κ3) is 10.6. The molecule has 0 unspecified atom stereocenters. The summed E-state index contributed by atoms with van der Waals surface area (Å²) in [5.74, 6) is -0.358. The quantitative estimate of drug-likeness (QED) is 0.591. The van der Waals surface area contributed by atoms with Crippen molar-refractivity contribution in [2.24, 2.45) is 0 Å². The lowest BCUT2D eigenvalue weighted by Gasteiger charge is -2.11. The van der Waals surface area contributed by atoms with Crippen molar-refractivity contribution in [2.45, 2.75) is 6.18 Å². The topological polar surface area (TPSA) is 72.5 Å². The fraction of sp³-hybridized carbons (Fsp3) is 0.538. The predicted octanol–water partition coefficient (Wildman–Crippen LogP) is 2.33. The molecule has 0 bridgehead atoms. The summed E-state index contributed by atoms with van der Waals surface area (Å²) in [5.41, 5.74) is -0.953. The van der Waals surface area contributed by atoms with Gasteiger partial charge in [-0.2, -0.15) is 13.2 Å². The molecule has 1 amide bonds. The molecular formula is C13H19Cl3F3N3O3. The first-order valence-corrected chi connectivity index (χ1v) is 7.04. The summed E-state index contributed by atoms with van der Waals surface area (Å²) in [4.78, 5) is 14.9. The van der Waals surface area contributed by atoms with E-state index in [2.05, 4.69) is 15.6 Å². The molecule has 0 saturated carbocycles. The number of methoxy groups -OCH3 is 1. The van der Waals surface area contributed by atoms with Gasteiger partial charge in [0.05, 0.1) is 25.3 Å². The van der Waals surface area contributed by atoms with Gasteiger partial charge >= 0.3 is 6.18 Å². The predicted molar refractivity (Wildman–Crippen MR) is 92.0 cm³/mol. The van der Waals surface area contributed by atoms with E-state index in [9.17, 15) is 18.0 Å². The number of amides is 1. The highest BCUT2D eigenvalue weighted by Crippen LogP contribution is 2.32. The first-order valence-electron chi connectivity index (χ1n) is 6.66. The van der Waals surface area contributed by atoms with E-state index in [0.717, 1.165) is 6.07 Å². The lowest BCUT2D eigenvalue weighted by molar-refractivity contribution is -0.137. The van der Waals surface area contributed by atoms with Gasteiger partial charge in [0.15, 0.2) is 0 Å². The molecule has 0 spiro atoms. The highest BCUT2D eigenvalue weighted by Gasteiger charge is 2.31. The van der Waals surface area contributed by atoms with Crippen LogP contribution in [-0.2, 0) is 15.7 Å². The fourth-order valence-corrected chi connectivity index (χ4v) is 1.68. The van der Waals surface area contributed by atoms with E-state index in [1.807, 2.05) is 0 Å². The maximum Gasteiger partial charge on any atom is 0.417 e. The van der Waals surface area contributed by atoms with Crippen molar-refractivity contribution >= 4 is 42.3 Å². The van der Waals surface area contributed by atoms with Crippen molar-refractivity contribution in [3.05, 3.63) is 22.8 Å². The molecule has 0 aromatic carbocycles. The molecule has 146 valence electrons. The Kier molecular flexibility index (Phi) is 13.9. The first-order chi connectivity index (χ1) is 10.8. The molecule has 1 rings (SSSR count). The van der Waals surface area contributed by atoms with Crippen LogP contribution >= 0.6 is 36.4 Å². The molecule has 1 heterocycles. The van der Waals surface area contributed by atoms with Gasteiger partial charge in [0.25, 0.3) is 0 Å². The lowest BCUT2D eigenvalue weighted by atomic mass is 10.3. The Morgan fingerprint density at radius 3 is 2.52 bits per heavy atom. The summed E-state index contributed by atoms with van der Waals surface area (Å²) in [6.07, 6.45) is -3.88. The zero-order chi connectivity index (χ0) is 17.3. The summed E-state index contributed by atoms with van der Waals surface area (Å²) < 4.78 is 47.3. The van der Waals surface area contributed by atoms with Gasteiger partial charge in [-0.3, -0.25) is 4.79 Å². The standard InChI is InChI=1S/C13H17ClF3N3O3.2ClH/c1-22-4-2-18-8-11(21)19-3-5-23-12-10(14)6-9(7-20-12)13(15,16)17;;/h6-7,18H,2-5,8H2,1H3,(H,19,21);2*1H. The molecule has 1 aromatic rings. The second-order valence-corrected chi connectivity index (χ2v) is 4.78. The molecule has 25 heavy (non-hydrogen) atoms. The highest BCUT2D eigenvalue weighted by atomic mass is 35.5. The van der Waals surface area contributed by atoms with Gasteiger partial charge in [0, 0.05) is 19.9 Å². The number of hydrogen-bond acceptors (Lipinski definition) is 5. The number of pyridine rings is 1. The molecular weight excluding hydrogens is 410 g/mol. The van der Waals surface area contributed by atoms with Gasteiger partial charge in [-0.05, 0) is 6.07 Å². The lowest BCUT2D eigenvalue weighted by Crippen LogP contribution is -2.37. The number of nitrogens with one attached hydrogen (secondary N) is 2. The third-order valence-electron chi connectivity index (χ3n) is 2.57. The Morgan fingerprint density at radius 1 is 1.28 bits per heavy atom. The zero-order valence-corrected chi connectivity index (χ0v) is 15.6. The minimum atomic E-state index is -4.51. The third-order valence-corrected chi connectivity index (χ3v) is 2.84. The number of halogens is 6. The number of rotatable bonds is 9. The molecule has 6 nitrogen and oxygen atoms in total. The molecule has 0 atom stereocenters. The van der Waals surface area contributed by atoms with Crippen LogP contribution in [0.3, 0.4) is 0 Å². The van der Waals surface area contributed by atoms with Crippen molar-refractivity contribution < 1.29 is 27.4 Å². The van der Waals surface area contributed by atoms with Crippen LogP contribution in [0.5, 0.6) is 5.88 Å². The van der Waals surface area contributed by atoms with Gasteiger partial charge in [-0.1, -0.05) is 11.6 Å². The second kappa shape index (κ2) is 13.2. The van der Waals surface area contributed by atoms with Crippen molar-refractivity contribution in [1.29, 1.82) is 0 Å². The Hall–Kier alpha value is -1.00. The maximum atomic E-state index is 12.4. The van der Waals surface area contributed by atoms with Crippen molar-refractivity contribution in [2.75, 3.05) is 40.0 Å². The fourth-order valence-electron chi connectivity index (χ4n) is 1.46. The highest BCUT2D eigenvalue weighted by molar-refractivity contribution is 6.31. The molecule has 0 aliphatic rings. The van der Waals surface area contributed by atoms with Crippen LogP contribution < -0.4 is 15.4 Å². The second-order valence-electron chi connectivity index (χ2n) is 4.38. The molecule has 12 heteroatoms. The number of aromatic nitrogens is 1. The molecule has 2 N–H and O–H groups in total. The Balaban J connectivity index is 0. The van der Waals surface area contributed by atoms with E-state index >= 15 is 0 Å². The normalized spacial score (nSPS) is 10.4. The van der Waals surface area contributed by atoms with Gasteiger partial charge < -0.3 is 20.1 Å². The van der Waals surface area contributed by atoms with Crippen LogP contribution in [0.25, 0.3) is 0 Å². The average molecular weight is 429 g/mol. The minimum Gasteiger partial charge on any atom is -0.475 e. The summed E-state index contributed by atoms with van der Waals surface area (Å²) >= 11 is 5.68. The number of carbonyl (C=O) groups is 1. The molecule has 0 radical (unpaired) electrons. The van der Waals surface area contributed by atoms with Gasteiger partial charge in [0.1, 0.15) is 11.6 Å². The molecule has 0 saturated heterocycles. The number of nitrogens with zero attached hydrogens (tertiary/aromatic N) is 1. The van der Waals surface area contributed by atoms with Crippen LogP contribution in [-0.4, -0.2) is 50.8 Å². The van der Waals surface area contributed by atoms with Crippen molar-refractivity contribution in [3.63, 3.8) is 0 Å². The number of ether oxygens (including phenoxy) is 2. The van der Waals surface area contributed by atoms with E-state index in [1.54, 1.807) is 7.11 Å². The van der Waals surface area contributed by atoms with Crippen molar-refractivity contribution in [1.82, 2.24) is 15.6 Å². The van der Waals surface area contributed by atoms with E-state index in [4.69, 9.17) is 21.1 Å². The summed E-state index contributed by atoms with van der Waals surface area (Å²) in [6, 6.07) is 0.738. The van der Waals surface area contributed by atoms with Crippen LogP contribution in [0.15, 0.2) is 12.3 Å². The summed E-state index contributed by atoms with van der Waals surface area (Å²) in [5, 5.41) is 5.18. The first kappa shape index (κ1) is 26.2. The number of alkyl halides is 3. The van der Waals surface area contributed by atoms with E-state index in [-0.39, 0.29) is 61.3 Å². The SMILES string of the molecule is COCCNCC(=O)NCCOc1ncc(C(F)(F)F)cc1Cl.Cl.Cl. The van der Waals surface area contributed by atoms with Gasteiger partial charge in [-0.15, -0.1) is 24.8 Å². The number of hydrogen-bond donors (Lipinski definition) is 2. The van der Waals surface area contributed by atoms with Crippen LogP contribution in [0.4, 0.5) is 13.2 Å². The van der Waals surface area contributed by atoms with Crippen LogP contribution in [0, 0.1) is 0 Å². The van der Waals surface area contributed by atoms with E-state index in [1.165, 1.54) is 0 Å². The Labute approximate surface area is 160 Å². The molecule has 1 aromatic heterocycles. The van der Waals surface area contributed by atoms with Crippen LogP contribution in [0.1, 0.15) is 5.56 Å². The smallest absolute Gasteiger partial charge is 0.417 e. The molecule has 0 aliphatic carbocycles. The zero-order valence-electron chi connectivity index (χ0n) is 13.2. The van der Waals surface area contributed by atoms with E-state index in [0.29, 0.717) is 19.3 Å². The Bertz CT molecular complexity index is 522. The maximum absolute atomic E-state index is 12.4. The van der Waals surface area contributed by atoms with Crippen LogP contribution in [0.2, 0.25) is 5.02 Å². The largest absolute Gasteiger partial charge is 0.475 e. The summed E-state index contributed by atoms with van der Waals surface area (Å²) in [7, 11) is 1.56. The van der Waals surface area contributed by atoms with E-state index < -0.39 is 11.7 Å². The Morgan fingerprint density at radius 2 is 1.96 bits per heavy atom. The summed E-state index contributed by atoms with van der Waals surface area (Å²) in [6.45, 7) is 1.37.